The lowest BCUT2D eigenvalue weighted by Crippen LogP contribution is -2.30. The van der Waals surface area contributed by atoms with E-state index in [9.17, 15) is 18.0 Å². The smallest absolute Gasteiger partial charge is 0.287 e. The first-order valence-corrected chi connectivity index (χ1v) is 11.2. The van der Waals surface area contributed by atoms with Crippen molar-refractivity contribution in [1.29, 1.82) is 0 Å². The molecular weight excluding hydrogens is 465 g/mol. The lowest BCUT2D eigenvalue weighted by Gasteiger charge is -2.10. The van der Waals surface area contributed by atoms with Gasteiger partial charge in [0.2, 0.25) is 15.9 Å². The molecule has 2 heterocycles. The van der Waals surface area contributed by atoms with Crippen LogP contribution in [0.5, 0.6) is 0 Å². The number of hydrogen-bond donors (Lipinski definition) is 2. The molecule has 1 amide bonds. The first kappa shape index (κ1) is 22.9. The molecule has 0 aliphatic carbocycles. The van der Waals surface area contributed by atoms with E-state index in [1.165, 1.54) is 24.3 Å². The van der Waals surface area contributed by atoms with Crippen molar-refractivity contribution < 1.29 is 13.2 Å². The molecule has 9 nitrogen and oxygen atoms in total. The second-order valence-electron chi connectivity index (χ2n) is 6.31. The maximum absolute atomic E-state index is 12.5. The van der Waals surface area contributed by atoms with Crippen molar-refractivity contribution in [3.63, 3.8) is 0 Å². The number of rotatable bonds is 8. The number of amides is 1. The summed E-state index contributed by atoms with van der Waals surface area (Å²) in [6.45, 7) is -0.253. The van der Waals surface area contributed by atoms with Crippen LogP contribution in [-0.2, 0) is 27.8 Å². The van der Waals surface area contributed by atoms with Gasteiger partial charge in [-0.05, 0) is 30.3 Å². The summed E-state index contributed by atoms with van der Waals surface area (Å²) >= 11 is 11.5. The van der Waals surface area contributed by atoms with E-state index >= 15 is 0 Å². The second-order valence-corrected chi connectivity index (χ2v) is 8.87. The van der Waals surface area contributed by atoms with Crippen molar-refractivity contribution >= 4 is 44.8 Å². The molecule has 31 heavy (non-hydrogen) atoms. The van der Waals surface area contributed by atoms with Crippen LogP contribution in [0.15, 0.2) is 64.5 Å². The first-order chi connectivity index (χ1) is 14.8. The van der Waals surface area contributed by atoms with Crippen LogP contribution < -0.4 is 15.6 Å². The fourth-order valence-corrected chi connectivity index (χ4v) is 3.93. The van der Waals surface area contributed by atoms with Gasteiger partial charge in [-0.25, -0.2) is 17.8 Å². The number of nitrogens with zero attached hydrogens (tertiary/aromatic N) is 3. The molecule has 1 aromatic carbocycles. The Labute approximate surface area is 188 Å². The summed E-state index contributed by atoms with van der Waals surface area (Å²) in [5.74, 6) is -0.592. The third kappa shape index (κ3) is 6.11. The Kier molecular flexibility index (Phi) is 7.39. The molecule has 2 N–H and O–H groups in total. The summed E-state index contributed by atoms with van der Waals surface area (Å²) in [6.07, 6.45) is 3.22. The van der Waals surface area contributed by atoms with Gasteiger partial charge in [0.1, 0.15) is 11.6 Å². The molecule has 0 fully saturated rings. The predicted octanol–water partition coefficient (Wildman–Crippen LogP) is 2.10. The number of nitrogens with one attached hydrogen (secondary N) is 2. The Balaban J connectivity index is 1.64. The lowest BCUT2D eigenvalue weighted by atomic mass is 10.3. The summed E-state index contributed by atoms with van der Waals surface area (Å²) in [5, 5.41) is 6.02. The predicted molar refractivity (Wildman–Crippen MR) is 117 cm³/mol. The normalized spacial score (nSPS) is 11.3. The standard InChI is InChI=1S/C19H17Cl2N5O4S/c20-16-11-23-26(19(28)18(16)21)12-17(27)25-14-5-3-6-15(10-14)31(29,30)24-9-7-13-4-1-2-8-22-13/h1-6,8,10-11,24H,7,9,12H2,(H,25,27). The summed E-state index contributed by atoms with van der Waals surface area (Å²) in [6, 6.07) is 11.1. The van der Waals surface area contributed by atoms with Crippen LogP contribution in [0.3, 0.4) is 0 Å². The van der Waals surface area contributed by atoms with Gasteiger partial charge < -0.3 is 5.32 Å². The van der Waals surface area contributed by atoms with Crippen LogP contribution in [0.4, 0.5) is 5.69 Å². The number of anilines is 1. The second kappa shape index (κ2) is 10.0. The van der Waals surface area contributed by atoms with E-state index in [4.69, 9.17) is 23.2 Å². The van der Waals surface area contributed by atoms with Gasteiger partial charge in [0.15, 0.2) is 0 Å². The molecule has 0 radical (unpaired) electrons. The van der Waals surface area contributed by atoms with Gasteiger partial charge in [-0.1, -0.05) is 35.3 Å². The van der Waals surface area contributed by atoms with E-state index in [-0.39, 0.29) is 27.2 Å². The molecule has 0 saturated carbocycles. The molecule has 162 valence electrons. The van der Waals surface area contributed by atoms with Gasteiger partial charge in [-0.3, -0.25) is 14.6 Å². The third-order valence-corrected chi connectivity index (χ3v) is 6.27. The Morgan fingerprint density at radius 3 is 2.68 bits per heavy atom. The number of halogens is 2. The summed E-state index contributed by atoms with van der Waals surface area (Å²) in [7, 11) is -3.79. The number of carbonyl (C=O) groups is 1. The fraction of sp³-hybridized carbons (Fsp3) is 0.158. The zero-order valence-corrected chi connectivity index (χ0v) is 18.3. The topological polar surface area (TPSA) is 123 Å². The highest BCUT2D eigenvalue weighted by Gasteiger charge is 2.15. The zero-order chi connectivity index (χ0) is 22.4. The van der Waals surface area contributed by atoms with Crippen LogP contribution in [0.2, 0.25) is 10.0 Å². The SMILES string of the molecule is O=C(Cn1ncc(Cl)c(Cl)c1=O)Nc1cccc(S(=O)(=O)NCCc2ccccn2)c1. The molecule has 0 bridgehead atoms. The van der Waals surface area contributed by atoms with E-state index in [1.54, 1.807) is 18.3 Å². The van der Waals surface area contributed by atoms with Crippen LogP contribution in [-0.4, -0.2) is 35.6 Å². The molecule has 0 unspecified atom stereocenters. The van der Waals surface area contributed by atoms with Crippen LogP contribution in [0, 0.1) is 0 Å². The van der Waals surface area contributed by atoms with E-state index < -0.39 is 28.0 Å². The largest absolute Gasteiger partial charge is 0.324 e. The highest BCUT2D eigenvalue weighted by atomic mass is 35.5. The molecule has 12 heteroatoms. The number of carbonyl (C=O) groups excluding carboxylic acids is 1. The highest BCUT2D eigenvalue weighted by Crippen LogP contribution is 2.16. The summed E-state index contributed by atoms with van der Waals surface area (Å²) in [4.78, 5) is 28.4. The molecule has 0 spiro atoms. The van der Waals surface area contributed by atoms with Gasteiger partial charge >= 0.3 is 0 Å². The fourth-order valence-electron chi connectivity index (χ4n) is 2.58. The average Bonchev–Trinajstić information content (AvgIpc) is 2.75. The molecule has 0 aliphatic rings. The van der Waals surface area contributed by atoms with E-state index in [1.807, 2.05) is 6.07 Å². The van der Waals surface area contributed by atoms with Crippen molar-refractivity contribution in [1.82, 2.24) is 19.5 Å². The summed E-state index contributed by atoms with van der Waals surface area (Å²) in [5.41, 5.74) is 0.292. The zero-order valence-electron chi connectivity index (χ0n) is 16.0. The van der Waals surface area contributed by atoms with Crippen molar-refractivity contribution in [2.24, 2.45) is 0 Å². The van der Waals surface area contributed by atoms with Gasteiger partial charge in [0.05, 0.1) is 16.1 Å². The van der Waals surface area contributed by atoms with Crippen molar-refractivity contribution in [3.8, 4) is 0 Å². The van der Waals surface area contributed by atoms with Crippen LogP contribution in [0.1, 0.15) is 5.69 Å². The van der Waals surface area contributed by atoms with Crippen LogP contribution in [0.25, 0.3) is 0 Å². The van der Waals surface area contributed by atoms with E-state index in [2.05, 4.69) is 20.1 Å². The summed E-state index contributed by atoms with van der Waals surface area (Å²) < 4.78 is 28.4. The van der Waals surface area contributed by atoms with Crippen molar-refractivity contribution in [2.45, 2.75) is 17.9 Å². The lowest BCUT2D eigenvalue weighted by molar-refractivity contribution is -0.117. The Hall–Kier alpha value is -2.79. The Morgan fingerprint density at radius 1 is 1.13 bits per heavy atom. The van der Waals surface area contributed by atoms with E-state index in [0.29, 0.717) is 6.42 Å². The average molecular weight is 482 g/mol. The monoisotopic (exact) mass is 481 g/mol. The molecule has 0 aliphatic heterocycles. The molecule has 2 aromatic heterocycles. The minimum Gasteiger partial charge on any atom is -0.324 e. The van der Waals surface area contributed by atoms with Gasteiger partial charge in [-0.15, -0.1) is 0 Å². The number of sulfonamides is 1. The maximum Gasteiger partial charge on any atom is 0.287 e. The number of benzene rings is 1. The van der Waals surface area contributed by atoms with Gasteiger partial charge in [-0.2, -0.15) is 5.10 Å². The number of hydrogen-bond acceptors (Lipinski definition) is 6. The minimum absolute atomic E-state index is 0.0169. The Morgan fingerprint density at radius 2 is 1.94 bits per heavy atom. The van der Waals surface area contributed by atoms with Crippen molar-refractivity contribution in [2.75, 3.05) is 11.9 Å². The first-order valence-electron chi connectivity index (χ1n) is 8.97. The Bertz CT molecular complexity index is 1250. The highest BCUT2D eigenvalue weighted by molar-refractivity contribution is 7.89. The minimum atomic E-state index is -3.79. The molecular formula is C19H17Cl2N5O4S. The number of pyridine rings is 1. The van der Waals surface area contributed by atoms with Gasteiger partial charge in [0.25, 0.3) is 5.56 Å². The number of aromatic nitrogens is 3. The quantitative estimate of drug-likeness (QED) is 0.507. The molecule has 3 aromatic rings. The van der Waals surface area contributed by atoms with Crippen LogP contribution >= 0.6 is 23.2 Å². The third-order valence-electron chi connectivity index (χ3n) is 4.06. The van der Waals surface area contributed by atoms with E-state index in [0.717, 1.165) is 16.6 Å². The molecule has 0 atom stereocenters. The van der Waals surface area contributed by atoms with Gasteiger partial charge in [0, 0.05) is 30.5 Å². The maximum atomic E-state index is 12.5. The molecule has 3 rings (SSSR count). The molecule has 0 saturated heterocycles. The van der Waals surface area contributed by atoms with Crippen molar-refractivity contribution in [3.05, 3.63) is 81.0 Å².